The lowest BCUT2D eigenvalue weighted by Crippen LogP contribution is -2.26. The van der Waals surface area contributed by atoms with Crippen molar-refractivity contribution in [2.45, 2.75) is 19.4 Å². The van der Waals surface area contributed by atoms with Crippen molar-refractivity contribution in [1.82, 2.24) is 4.98 Å². The Hall–Kier alpha value is -1.13. The predicted octanol–water partition coefficient (Wildman–Crippen LogP) is 1.33. The molecule has 0 aromatic carbocycles. The molecule has 16 heavy (non-hydrogen) atoms. The summed E-state index contributed by atoms with van der Waals surface area (Å²) in [4.78, 5) is 6.69. The van der Waals surface area contributed by atoms with Gasteiger partial charge in [0.15, 0.2) is 0 Å². The van der Waals surface area contributed by atoms with Crippen LogP contribution in [0.2, 0.25) is 0 Å². The highest BCUT2D eigenvalue weighted by Gasteiger charge is 2.10. The van der Waals surface area contributed by atoms with Crippen LogP contribution in [0.15, 0.2) is 18.3 Å². The Kier molecular flexibility index (Phi) is 3.74. The minimum Gasteiger partial charge on any atom is -0.380 e. The lowest BCUT2D eigenvalue weighted by molar-refractivity contribution is 0.152. The summed E-state index contributed by atoms with van der Waals surface area (Å²) < 4.78 is 5.43. The van der Waals surface area contributed by atoms with E-state index in [1.165, 1.54) is 0 Å². The molecule has 2 rings (SSSR count). The smallest absolute Gasteiger partial charge is 0.0641 e. The molecule has 1 atom stereocenters. The standard InChI is InChI=1S/C12H19N3O/c1-10(13)12-4-3-11(9-14-12)15-5-2-7-16-8-6-15/h3-4,9-10H,2,5-8,13H2,1H3/t10-/m0/s1. The van der Waals surface area contributed by atoms with Crippen LogP contribution in [0.1, 0.15) is 25.1 Å². The molecule has 1 aliphatic rings. The zero-order valence-corrected chi connectivity index (χ0v) is 9.72. The lowest BCUT2D eigenvalue weighted by atomic mass is 10.2. The van der Waals surface area contributed by atoms with E-state index < -0.39 is 0 Å². The normalized spacial score (nSPS) is 19.2. The molecule has 4 heteroatoms. The molecule has 0 bridgehead atoms. The van der Waals surface area contributed by atoms with E-state index >= 15 is 0 Å². The van der Waals surface area contributed by atoms with E-state index in [1.807, 2.05) is 19.2 Å². The van der Waals surface area contributed by atoms with Gasteiger partial charge in [-0.05, 0) is 25.5 Å². The average molecular weight is 221 g/mol. The molecular weight excluding hydrogens is 202 g/mol. The maximum atomic E-state index is 5.77. The first-order valence-electron chi connectivity index (χ1n) is 5.81. The molecule has 0 saturated carbocycles. The van der Waals surface area contributed by atoms with Crippen LogP contribution < -0.4 is 10.6 Å². The molecule has 1 fully saturated rings. The van der Waals surface area contributed by atoms with E-state index in [4.69, 9.17) is 10.5 Å². The average Bonchev–Trinajstić information content (AvgIpc) is 2.57. The molecule has 1 aliphatic heterocycles. The molecule has 1 saturated heterocycles. The molecule has 88 valence electrons. The van der Waals surface area contributed by atoms with Gasteiger partial charge in [-0.15, -0.1) is 0 Å². The molecule has 0 radical (unpaired) electrons. The number of anilines is 1. The van der Waals surface area contributed by atoms with Crippen LogP contribution in [0.5, 0.6) is 0 Å². The van der Waals surface area contributed by atoms with Crippen LogP contribution in [-0.4, -0.2) is 31.3 Å². The quantitative estimate of drug-likeness (QED) is 0.818. The summed E-state index contributed by atoms with van der Waals surface area (Å²) in [5, 5.41) is 0. The number of ether oxygens (including phenoxy) is 1. The predicted molar refractivity (Wildman–Crippen MR) is 64.5 cm³/mol. The molecule has 2 N–H and O–H groups in total. The van der Waals surface area contributed by atoms with E-state index in [1.54, 1.807) is 0 Å². The van der Waals surface area contributed by atoms with Crippen molar-refractivity contribution < 1.29 is 4.74 Å². The van der Waals surface area contributed by atoms with E-state index in [-0.39, 0.29) is 6.04 Å². The van der Waals surface area contributed by atoms with Gasteiger partial charge in [0.25, 0.3) is 0 Å². The fourth-order valence-electron chi connectivity index (χ4n) is 1.86. The van der Waals surface area contributed by atoms with E-state index in [2.05, 4.69) is 16.0 Å². The summed E-state index contributed by atoms with van der Waals surface area (Å²) in [5.74, 6) is 0. The van der Waals surface area contributed by atoms with E-state index in [0.29, 0.717) is 0 Å². The summed E-state index contributed by atoms with van der Waals surface area (Å²) in [6, 6.07) is 4.10. The Morgan fingerprint density at radius 3 is 2.94 bits per heavy atom. The molecule has 0 spiro atoms. The minimum absolute atomic E-state index is 0.00140. The van der Waals surface area contributed by atoms with Gasteiger partial charge in [-0.3, -0.25) is 4.98 Å². The SMILES string of the molecule is C[C@H](N)c1ccc(N2CCCOCC2)cn1. The number of hydrogen-bond acceptors (Lipinski definition) is 4. The van der Waals surface area contributed by atoms with Crippen LogP contribution in [0.3, 0.4) is 0 Å². The highest BCUT2D eigenvalue weighted by atomic mass is 16.5. The number of hydrogen-bond donors (Lipinski definition) is 1. The molecule has 1 aromatic rings. The third kappa shape index (κ3) is 2.71. The summed E-state index contributed by atoms with van der Waals surface area (Å²) >= 11 is 0. The van der Waals surface area contributed by atoms with Crippen molar-refractivity contribution >= 4 is 5.69 Å². The molecular formula is C12H19N3O. The van der Waals surface area contributed by atoms with Gasteiger partial charge < -0.3 is 15.4 Å². The second kappa shape index (κ2) is 5.27. The second-order valence-electron chi connectivity index (χ2n) is 4.18. The van der Waals surface area contributed by atoms with Gasteiger partial charge in [-0.1, -0.05) is 0 Å². The number of nitrogens with zero attached hydrogens (tertiary/aromatic N) is 2. The van der Waals surface area contributed by atoms with Crippen molar-refractivity contribution in [2.24, 2.45) is 5.73 Å². The van der Waals surface area contributed by atoms with Crippen LogP contribution in [0.4, 0.5) is 5.69 Å². The molecule has 2 heterocycles. The number of nitrogens with two attached hydrogens (primary N) is 1. The summed E-state index contributed by atoms with van der Waals surface area (Å²) in [7, 11) is 0. The maximum Gasteiger partial charge on any atom is 0.0641 e. The minimum atomic E-state index is 0.00140. The van der Waals surface area contributed by atoms with Gasteiger partial charge in [0, 0.05) is 25.7 Å². The van der Waals surface area contributed by atoms with E-state index in [0.717, 1.165) is 44.1 Å². The molecule has 1 aromatic heterocycles. The van der Waals surface area contributed by atoms with Gasteiger partial charge in [-0.25, -0.2) is 0 Å². The van der Waals surface area contributed by atoms with Crippen LogP contribution in [-0.2, 0) is 4.74 Å². The van der Waals surface area contributed by atoms with Crippen LogP contribution >= 0.6 is 0 Å². The van der Waals surface area contributed by atoms with Gasteiger partial charge in [-0.2, -0.15) is 0 Å². The third-order valence-electron chi connectivity index (χ3n) is 2.82. The van der Waals surface area contributed by atoms with Crippen LogP contribution in [0, 0.1) is 0 Å². The molecule has 4 nitrogen and oxygen atoms in total. The van der Waals surface area contributed by atoms with Gasteiger partial charge in [0.2, 0.25) is 0 Å². The van der Waals surface area contributed by atoms with Crippen molar-refractivity contribution in [3.8, 4) is 0 Å². The zero-order valence-electron chi connectivity index (χ0n) is 9.72. The first-order chi connectivity index (χ1) is 7.77. The first-order valence-corrected chi connectivity index (χ1v) is 5.81. The second-order valence-corrected chi connectivity index (χ2v) is 4.18. The highest BCUT2D eigenvalue weighted by Crippen LogP contribution is 2.16. The van der Waals surface area contributed by atoms with Gasteiger partial charge in [0.1, 0.15) is 0 Å². The Bertz CT molecular complexity index is 316. The fourth-order valence-corrected chi connectivity index (χ4v) is 1.86. The summed E-state index contributed by atoms with van der Waals surface area (Å²) in [6.07, 6.45) is 2.99. The topological polar surface area (TPSA) is 51.4 Å². The molecule has 0 aliphatic carbocycles. The van der Waals surface area contributed by atoms with Gasteiger partial charge >= 0.3 is 0 Å². The fraction of sp³-hybridized carbons (Fsp3) is 0.583. The number of aromatic nitrogens is 1. The Morgan fingerprint density at radius 2 is 2.25 bits per heavy atom. The van der Waals surface area contributed by atoms with Gasteiger partial charge in [0.05, 0.1) is 24.2 Å². The van der Waals surface area contributed by atoms with Crippen molar-refractivity contribution in [3.05, 3.63) is 24.0 Å². The highest BCUT2D eigenvalue weighted by molar-refractivity contribution is 5.44. The van der Waals surface area contributed by atoms with Crippen LogP contribution in [0.25, 0.3) is 0 Å². The first kappa shape index (κ1) is 11.4. The van der Waals surface area contributed by atoms with Crippen molar-refractivity contribution in [2.75, 3.05) is 31.2 Å². The largest absolute Gasteiger partial charge is 0.380 e. The number of pyridine rings is 1. The molecule has 0 amide bonds. The summed E-state index contributed by atoms with van der Waals surface area (Å²) in [5.41, 5.74) is 7.87. The summed E-state index contributed by atoms with van der Waals surface area (Å²) in [6.45, 7) is 5.59. The van der Waals surface area contributed by atoms with Crippen molar-refractivity contribution in [3.63, 3.8) is 0 Å². The third-order valence-corrected chi connectivity index (χ3v) is 2.82. The Balaban J connectivity index is 2.07. The molecule has 0 unspecified atom stereocenters. The zero-order chi connectivity index (χ0) is 11.4. The van der Waals surface area contributed by atoms with E-state index in [9.17, 15) is 0 Å². The monoisotopic (exact) mass is 221 g/mol. The Labute approximate surface area is 96.4 Å². The Morgan fingerprint density at radius 1 is 1.38 bits per heavy atom. The maximum absolute atomic E-state index is 5.77. The lowest BCUT2D eigenvalue weighted by Gasteiger charge is -2.21. The van der Waals surface area contributed by atoms with Crippen molar-refractivity contribution in [1.29, 1.82) is 0 Å². The number of rotatable bonds is 2.